The van der Waals surface area contributed by atoms with E-state index in [2.05, 4.69) is 9.62 Å². The molecule has 0 atom stereocenters. The fourth-order valence-electron chi connectivity index (χ4n) is 2.61. The van der Waals surface area contributed by atoms with Crippen molar-refractivity contribution in [2.45, 2.75) is 17.7 Å². The molecule has 0 amide bonds. The predicted octanol–water partition coefficient (Wildman–Crippen LogP) is 3.74. The second-order valence-corrected chi connectivity index (χ2v) is 7.34. The third-order valence-electron chi connectivity index (χ3n) is 3.70. The summed E-state index contributed by atoms with van der Waals surface area (Å²) in [4.78, 5) is 2.34. The van der Waals surface area contributed by atoms with E-state index in [4.69, 9.17) is 11.6 Å². The number of nitrogens with zero attached hydrogens (tertiary/aromatic N) is 1. The van der Waals surface area contributed by atoms with Crippen molar-refractivity contribution < 1.29 is 8.42 Å². The molecule has 1 heterocycles. The second-order valence-electron chi connectivity index (χ2n) is 5.28. The molecule has 1 saturated heterocycles. The average Bonchev–Trinajstić information content (AvgIpc) is 3.01. The number of sulfonamides is 1. The molecular formula is C16H17ClN2O2S. The molecule has 0 saturated carbocycles. The summed E-state index contributed by atoms with van der Waals surface area (Å²) in [7, 11) is -3.68. The summed E-state index contributed by atoms with van der Waals surface area (Å²) in [5.74, 6) is 0. The topological polar surface area (TPSA) is 49.4 Å². The number of benzene rings is 2. The zero-order valence-electron chi connectivity index (χ0n) is 12.0. The van der Waals surface area contributed by atoms with Crippen LogP contribution in [0.1, 0.15) is 12.8 Å². The highest BCUT2D eigenvalue weighted by molar-refractivity contribution is 7.92. The van der Waals surface area contributed by atoms with Crippen molar-refractivity contribution in [2.75, 3.05) is 22.7 Å². The van der Waals surface area contributed by atoms with Crippen LogP contribution in [0.4, 0.5) is 11.4 Å². The smallest absolute Gasteiger partial charge is 0.263 e. The summed E-state index contributed by atoms with van der Waals surface area (Å²) < 4.78 is 27.5. The molecule has 0 unspecified atom stereocenters. The molecule has 1 fully saturated rings. The Hall–Kier alpha value is -1.72. The van der Waals surface area contributed by atoms with Gasteiger partial charge in [-0.05, 0) is 43.2 Å². The van der Waals surface area contributed by atoms with Gasteiger partial charge in [-0.25, -0.2) is 8.42 Å². The normalized spacial score (nSPS) is 15.0. The maximum Gasteiger partial charge on any atom is 0.263 e. The Bertz CT molecular complexity index is 771. The largest absolute Gasteiger partial charge is 0.371 e. The van der Waals surface area contributed by atoms with Crippen LogP contribution in [0.5, 0.6) is 0 Å². The molecule has 0 radical (unpaired) electrons. The highest BCUT2D eigenvalue weighted by atomic mass is 35.5. The molecule has 0 aliphatic carbocycles. The first-order valence-electron chi connectivity index (χ1n) is 7.19. The van der Waals surface area contributed by atoms with Crippen LogP contribution in [0.15, 0.2) is 53.4 Å². The van der Waals surface area contributed by atoms with Crippen molar-refractivity contribution in [2.24, 2.45) is 0 Å². The molecule has 1 N–H and O–H groups in total. The first-order chi connectivity index (χ1) is 10.6. The van der Waals surface area contributed by atoms with Crippen molar-refractivity contribution in [3.63, 3.8) is 0 Å². The minimum atomic E-state index is -3.68. The highest BCUT2D eigenvalue weighted by Gasteiger charge is 2.18. The molecule has 1 aliphatic heterocycles. The molecule has 6 heteroatoms. The maximum atomic E-state index is 12.4. The van der Waals surface area contributed by atoms with Crippen molar-refractivity contribution in [1.82, 2.24) is 0 Å². The van der Waals surface area contributed by atoms with E-state index in [1.807, 2.05) is 18.2 Å². The summed E-state index contributed by atoms with van der Waals surface area (Å²) in [6, 6.07) is 13.9. The quantitative estimate of drug-likeness (QED) is 0.925. The van der Waals surface area contributed by atoms with Crippen molar-refractivity contribution >= 4 is 33.0 Å². The van der Waals surface area contributed by atoms with E-state index in [1.54, 1.807) is 24.3 Å². The molecule has 4 nitrogen and oxygen atoms in total. The minimum Gasteiger partial charge on any atom is -0.371 e. The van der Waals surface area contributed by atoms with E-state index in [0.29, 0.717) is 5.69 Å². The Kier molecular flexibility index (Phi) is 4.27. The number of rotatable bonds is 4. The molecule has 0 bridgehead atoms. The Morgan fingerprint density at radius 3 is 2.45 bits per heavy atom. The van der Waals surface area contributed by atoms with E-state index in [9.17, 15) is 8.42 Å². The summed E-state index contributed by atoms with van der Waals surface area (Å²) in [6.45, 7) is 2.03. The lowest BCUT2D eigenvalue weighted by Gasteiger charge is -2.18. The Morgan fingerprint density at radius 2 is 1.73 bits per heavy atom. The van der Waals surface area contributed by atoms with Gasteiger partial charge in [-0.1, -0.05) is 29.8 Å². The fraction of sp³-hybridized carbons (Fsp3) is 0.250. The van der Waals surface area contributed by atoms with Gasteiger partial charge in [0.05, 0.1) is 10.7 Å². The fourth-order valence-corrected chi connectivity index (χ4v) is 4.18. The first kappa shape index (κ1) is 15.2. The van der Waals surface area contributed by atoms with Gasteiger partial charge in [0, 0.05) is 18.8 Å². The predicted molar refractivity (Wildman–Crippen MR) is 90.1 cm³/mol. The molecule has 0 aromatic heterocycles. The standard InChI is InChI=1S/C16H17ClN2O2S/c17-15-8-1-2-9-16(15)22(20,21)18-13-6-5-7-14(12-13)19-10-3-4-11-19/h1-2,5-9,12,18H,3-4,10-11H2. The Balaban J connectivity index is 1.86. The number of nitrogens with one attached hydrogen (secondary N) is 1. The van der Waals surface area contributed by atoms with Crippen LogP contribution in [0.25, 0.3) is 0 Å². The van der Waals surface area contributed by atoms with Gasteiger partial charge in [0.25, 0.3) is 10.0 Å². The molecule has 116 valence electrons. The summed E-state index contributed by atoms with van der Waals surface area (Å²) >= 11 is 5.98. The third-order valence-corrected chi connectivity index (χ3v) is 5.58. The van der Waals surface area contributed by atoms with Crippen LogP contribution in [-0.2, 0) is 10.0 Å². The van der Waals surface area contributed by atoms with Crippen LogP contribution in [0.3, 0.4) is 0 Å². The minimum absolute atomic E-state index is 0.0863. The monoisotopic (exact) mass is 336 g/mol. The molecule has 22 heavy (non-hydrogen) atoms. The Labute approximate surface area is 135 Å². The van der Waals surface area contributed by atoms with E-state index in [0.717, 1.165) is 18.8 Å². The van der Waals surface area contributed by atoms with Gasteiger partial charge in [-0.15, -0.1) is 0 Å². The first-order valence-corrected chi connectivity index (χ1v) is 9.05. The molecule has 0 spiro atoms. The van der Waals surface area contributed by atoms with E-state index in [-0.39, 0.29) is 9.92 Å². The van der Waals surface area contributed by atoms with E-state index < -0.39 is 10.0 Å². The molecule has 1 aliphatic rings. The third kappa shape index (κ3) is 3.20. The lowest BCUT2D eigenvalue weighted by Crippen LogP contribution is -2.18. The zero-order valence-corrected chi connectivity index (χ0v) is 13.6. The SMILES string of the molecule is O=S(=O)(Nc1cccc(N2CCCC2)c1)c1ccccc1Cl. The lowest BCUT2D eigenvalue weighted by molar-refractivity contribution is 0.601. The zero-order chi connectivity index (χ0) is 15.6. The number of hydrogen-bond acceptors (Lipinski definition) is 3. The number of halogens is 1. The molecule has 2 aromatic carbocycles. The summed E-state index contributed by atoms with van der Waals surface area (Å²) in [6.07, 6.45) is 2.35. The molecular weight excluding hydrogens is 320 g/mol. The van der Waals surface area contributed by atoms with E-state index >= 15 is 0 Å². The maximum absolute atomic E-state index is 12.4. The van der Waals surface area contributed by atoms with Gasteiger partial charge in [0.2, 0.25) is 0 Å². The van der Waals surface area contributed by atoms with Crippen molar-refractivity contribution in [1.29, 1.82) is 0 Å². The lowest BCUT2D eigenvalue weighted by atomic mass is 10.2. The van der Waals surface area contributed by atoms with Gasteiger partial charge in [-0.3, -0.25) is 4.72 Å². The summed E-state index contributed by atoms with van der Waals surface area (Å²) in [5, 5.41) is 0.214. The molecule has 2 aromatic rings. The number of hydrogen-bond donors (Lipinski definition) is 1. The highest BCUT2D eigenvalue weighted by Crippen LogP contribution is 2.27. The van der Waals surface area contributed by atoms with Crippen LogP contribution in [-0.4, -0.2) is 21.5 Å². The Morgan fingerprint density at radius 1 is 1.00 bits per heavy atom. The van der Waals surface area contributed by atoms with Gasteiger partial charge in [0.15, 0.2) is 0 Å². The molecule has 3 rings (SSSR count). The summed E-state index contributed by atoms with van der Waals surface area (Å²) in [5.41, 5.74) is 1.58. The average molecular weight is 337 g/mol. The van der Waals surface area contributed by atoms with Crippen LogP contribution in [0.2, 0.25) is 5.02 Å². The second kappa shape index (κ2) is 6.18. The van der Waals surface area contributed by atoms with Crippen LogP contribution < -0.4 is 9.62 Å². The van der Waals surface area contributed by atoms with Gasteiger partial charge >= 0.3 is 0 Å². The van der Waals surface area contributed by atoms with Crippen molar-refractivity contribution in [3.05, 3.63) is 53.6 Å². The number of anilines is 2. The van der Waals surface area contributed by atoms with Crippen LogP contribution >= 0.6 is 11.6 Å². The van der Waals surface area contributed by atoms with Crippen molar-refractivity contribution in [3.8, 4) is 0 Å². The van der Waals surface area contributed by atoms with Gasteiger partial charge < -0.3 is 4.90 Å². The van der Waals surface area contributed by atoms with Gasteiger partial charge in [-0.2, -0.15) is 0 Å². The van der Waals surface area contributed by atoms with Gasteiger partial charge in [0.1, 0.15) is 4.90 Å². The van der Waals surface area contributed by atoms with E-state index in [1.165, 1.54) is 18.9 Å². The van der Waals surface area contributed by atoms with Crippen LogP contribution in [0, 0.1) is 0 Å².